The first-order valence-electron chi connectivity index (χ1n) is 9.11. The molecule has 4 heterocycles. The van der Waals surface area contributed by atoms with E-state index in [4.69, 9.17) is 5.73 Å². The molecular weight excluding hydrogens is 390 g/mol. The van der Waals surface area contributed by atoms with Crippen LogP contribution in [0.2, 0.25) is 0 Å². The standard InChI is InChI=1S/C21H18F2N6O/c1-11(24)27-16-9-12(5-7-25-16)18-17(14-3-2-4-15(28-14)21(22)23)20-19(29-18)13(10-30)6-8-26-20/h2-9,21,29-30H,10H2,1H3,(H2,24,25,27). The first-order valence-corrected chi connectivity index (χ1v) is 9.11. The monoisotopic (exact) mass is 408 g/mol. The summed E-state index contributed by atoms with van der Waals surface area (Å²) in [6, 6.07) is 9.63. The van der Waals surface area contributed by atoms with Gasteiger partial charge in [0.15, 0.2) is 5.82 Å². The third-order valence-electron chi connectivity index (χ3n) is 4.52. The van der Waals surface area contributed by atoms with Crippen molar-refractivity contribution in [1.82, 2.24) is 19.9 Å². The van der Waals surface area contributed by atoms with Gasteiger partial charge in [0, 0.05) is 23.5 Å². The van der Waals surface area contributed by atoms with Crippen LogP contribution in [0.25, 0.3) is 33.5 Å². The fraction of sp³-hybridized carbons (Fsp3) is 0.143. The second kappa shape index (κ2) is 7.96. The van der Waals surface area contributed by atoms with Crippen molar-refractivity contribution in [2.75, 3.05) is 0 Å². The van der Waals surface area contributed by atoms with E-state index in [1.807, 2.05) is 0 Å². The summed E-state index contributed by atoms with van der Waals surface area (Å²) in [7, 11) is 0. The Kier molecular flexibility index (Phi) is 5.20. The van der Waals surface area contributed by atoms with Crippen molar-refractivity contribution in [2.45, 2.75) is 20.0 Å². The lowest BCUT2D eigenvalue weighted by atomic mass is 10.0. The number of nitrogens with zero attached hydrogens (tertiary/aromatic N) is 4. The van der Waals surface area contributed by atoms with Crippen molar-refractivity contribution < 1.29 is 13.9 Å². The number of fused-ring (bicyclic) bond motifs is 1. The van der Waals surface area contributed by atoms with Crippen LogP contribution in [-0.2, 0) is 6.61 Å². The highest BCUT2D eigenvalue weighted by Gasteiger charge is 2.21. The Bertz CT molecular complexity index is 1250. The Morgan fingerprint density at radius 3 is 2.73 bits per heavy atom. The molecule has 9 heteroatoms. The van der Waals surface area contributed by atoms with E-state index in [0.717, 1.165) is 0 Å². The number of hydrogen-bond donors (Lipinski definition) is 3. The van der Waals surface area contributed by atoms with Crippen LogP contribution >= 0.6 is 0 Å². The van der Waals surface area contributed by atoms with Gasteiger partial charge in [-0.3, -0.25) is 4.98 Å². The molecule has 0 aliphatic heterocycles. The second-order valence-electron chi connectivity index (χ2n) is 6.63. The highest BCUT2D eigenvalue weighted by Crippen LogP contribution is 2.38. The van der Waals surface area contributed by atoms with Crippen LogP contribution < -0.4 is 5.73 Å². The molecular formula is C21H18F2N6O. The average Bonchev–Trinajstić information content (AvgIpc) is 3.13. The summed E-state index contributed by atoms with van der Waals surface area (Å²) in [6.07, 6.45) is 0.441. The highest BCUT2D eigenvalue weighted by atomic mass is 19.3. The molecule has 0 fully saturated rings. The summed E-state index contributed by atoms with van der Waals surface area (Å²) in [5, 5.41) is 9.73. The van der Waals surface area contributed by atoms with E-state index in [1.165, 1.54) is 12.1 Å². The van der Waals surface area contributed by atoms with Crippen LogP contribution in [0.5, 0.6) is 0 Å². The number of aromatic nitrogens is 4. The number of alkyl halides is 2. The molecule has 4 aromatic rings. The highest BCUT2D eigenvalue weighted by molar-refractivity contribution is 6.01. The molecule has 0 radical (unpaired) electrons. The van der Waals surface area contributed by atoms with Crippen molar-refractivity contribution in [3.8, 4) is 22.5 Å². The van der Waals surface area contributed by atoms with Crippen LogP contribution in [-0.4, -0.2) is 30.9 Å². The number of aliphatic hydroxyl groups is 1. The quantitative estimate of drug-likeness (QED) is 0.340. The molecule has 0 saturated heterocycles. The molecule has 0 saturated carbocycles. The van der Waals surface area contributed by atoms with E-state index in [9.17, 15) is 13.9 Å². The molecule has 0 bridgehead atoms. The Morgan fingerprint density at radius 2 is 2.00 bits per heavy atom. The SMILES string of the molecule is CC(N)=Nc1cc(-c2[nH]c3c(CO)ccnc3c2-c2cccc(C(F)F)n2)ccn1. The van der Waals surface area contributed by atoms with Gasteiger partial charge < -0.3 is 15.8 Å². The number of rotatable bonds is 5. The van der Waals surface area contributed by atoms with E-state index >= 15 is 0 Å². The summed E-state index contributed by atoms with van der Waals surface area (Å²) in [6.45, 7) is 1.45. The number of aliphatic hydroxyl groups excluding tert-OH is 1. The Balaban J connectivity index is 2.02. The molecule has 0 atom stereocenters. The van der Waals surface area contributed by atoms with Crippen molar-refractivity contribution in [3.05, 3.63) is 60.0 Å². The predicted molar refractivity (Wildman–Crippen MR) is 110 cm³/mol. The summed E-state index contributed by atoms with van der Waals surface area (Å²) in [4.78, 5) is 20.2. The van der Waals surface area contributed by atoms with Gasteiger partial charge in [0.25, 0.3) is 6.43 Å². The number of nitrogens with two attached hydrogens (primary N) is 1. The van der Waals surface area contributed by atoms with Gasteiger partial charge in [-0.2, -0.15) is 0 Å². The maximum absolute atomic E-state index is 13.3. The largest absolute Gasteiger partial charge is 0.392 e. The number of hydrogen-bond acceptors (Lipinski definition) is 5. The number of pyridine rings is 3. The van der Waals surface area contributed by atoms with Crippen molar-refractivity contribution >= 4 is 22.7 Å². The van der Waals surface area contributed by atoms with E-state index in [2.05, 4.69) is 24.9 Å². The summed E-state index contributed by atoms with van der Waals surface area (Å²) in [5.41, 5.74) is 9.28. The zero-order valence-electron chi connectivity index (χ0n) is 16.0. The number of H-pyrrole nitrogens is 1. The van der Waals surface area contributed by atoms with Gasteiger partial charge in [0.1, 0.15) is 5.69 Å². The van der Waals surface area contributed by atoms with E-state index in [0.29, 0.717) is 50.8 Å². The number of aliphatic imine (C=N–C) groups is 1. The van der Waals surface area contributed by atoms with Crippen molar-refractivity contribution in [1.29, 1.82) is 0 Å². The van der Waals surface area contributed by atoms with Crippen molar-refractivity contribution in [2.24, 2.45) is 10.7 Å². The minimum Gasteiger partial charge on any atom is -0.392 e. The molecule has 0 aromatic carbocycles. The van der Waals surface area contributed by atoms with Crippen LogP contribution in [0.4, 0.5) is 14.6 Å². The average molecular weight is 408 g/mol. The fourth-order valence-electron chi connectivity index (χ4n) is 3.26. The molecule has 4 rings (SSSR count). The molecule has 0 aliphatic rings. The molecule has 0 spiro atoms. The molecule has 0 aliphatic carbocycles. The minimum absolute atomic E-state index is 0.207. The zero-order valence-corrected chi connectivity index (χ0v) is 16.0. The van der Waals surface area contributed by atoms with Crippen LogP contribution in [0.1, 0.15) is 24.6 Å². The summed E-state index contributed by atoms with van der Waals surface area (Å²) >= 11 is 0. The summed E-state index contributed by atoms with van der Waals surface area (Å²) < 4.78 is 26.5. The van der Waals surface area contributed by atoms with Crippen molar-refractivity contribution in [3.63, 3.8) is 0 Å². The zero-order chi connectivity index (χ0) is 21.3. The van der Waals surface area contributed by atoms with Gasteiger partial charge in [-0.15, -0.1) is 0 Å². The molecule has 4 N–H and O–H groups in total. The lowest BCUT2D eigenvalue weighted by Gasteiger charge is -2.07. The van der Waals surface area contributed by atoms with Crippen LogP contribution in [0.15, 0.2) is 53.8 Å². The first-order chi connectivity index (χ1) is 14.5. The topological polar surface area (TPSA) is 113 Å². The molecule has 0 amide bonds. The first kappa shape index (κ1) is 19.6. The fourth-order valence-corrected chi connectivity index (χ4v) is 3.26. The third kappa shape index (κ3) is 3.62. The Hall–Kier alpha value is -3.72. The van der Waals surface area contributed by atoms with E-state index in [-0.39, 0.29) is 12.3 Å². The smallest absolute Gasteiger partial charge is 0.280 e. The molecule has 152 valence electrons. The van der Waals surface area contributed by atoms with Gasteiger partial charge >= 0.3 is 0 Å². The molecule has 7 nitrogen and oxygen atoms in total. The number of halogens is 2. The minimum atomic E-state index is -2.70. The van der Waals surface area contributed by atoms with Crippen LogP contribution in [0, 0.1) is 0 Å². The van der Waals surface area contributed by atoms with Crippen LogP contribution in [0.3, 0.4) is 0 Å². The number of amidine groups is 1. The lowest BCUT2D eigenvalue weighted by Crippen LogP contribution is -2.04. The Labute approximate surface area is 170 Å². The van der Waals surface area contributed by atoms with Gasteiger partial charge in [-0.1, -0.05) is 6.07 Å². The molecule has 4 aromatic heterocycles. The predicted octanol–water partition coefficient (Wildman–Crippen LogP) is 4.13. The normalized spacial score (nSPS) is 12.1. The van der Waals surface area contributed by atoms with E-state index < -0.39 is 6.43 Å². The van der Waals surface area contributed by atoms with Gasteiger partial charge in [-0.25, -0.2) is 23.7 Å². The lowest BCUT2D eigenvalue weighted by molar-refractivity contribution is 0.146. The number of nitrogens with one attached hydrogen (secondary N) is 1. The molecule has 0 unspecified atom stereocenters. The van der Waals surface area contributed by atoms with Gasteiger partial charge in [-0.05, 0) is 37.3 Å². The summed E-state index contributed by atoms with van der Waals surface area (Å²) in [5.74, 6) is 0.758. The maximum atomic E-state index is 13.3. The number of aromatic amines is 1. The second-order valence-corrected chi connectivity index (χ2v) is 6.63. The molecule has 30 heavy (non-hydrogen) atoms. The third-order valence-corrected chi connectivity index (χ3v) is 4.52. The van der Waals surface area contributed by atoms with Gasteiger partial charge in [0.2, 0.25) is 0 Å². The van der Waals surface area contributed by atoms with E-state index in [1.54, 1.807) is 43.6 Å². The van der Waals surface area contributed by atoms with Gasteiger partial charge in [0.05, 0.1) is 40.4 Å². The Morgan fingerprint density at radius 1 is 1.20 bits per heavy atom. The maximum Gasteiger partial charge on any atom is 0.280 e.